The second-order valence-electron chi connectivity index (χ2n) is 6.05. The van der Waals surface area contributed by atoms with Gasteiger partial charge in [-0.25, -0.2) is 9.18 Å². The van der Waals surface area contributed by atoms with Crippen LogP contribution in [0, 0.1) is 11.2 Å². The third-order valence-corrected chi connectivity index (χ3v) is 4.42. The van der Waals surface area contributed by atoms with Crippen molar-refractivity contribution in [2.24, 2.45) is 5.41 Å². The first-order valence-corrected chi connectivity index (χ1v) is 7.46. The van der Waals surface area contributed by atoms with E-state index in [2.05, 4.69) is 10.6 Å². The van der Waals surface area contributed by atoms with E-state index in [0.29, 0.717) is 5.56 Å². The predicted molar refractivity (Wildman–Crippen MR) is 81.2 cm³/mol. The summed E-state index contributed by atoms with van der Waals surface area (Å²) in [5.74, 6) is -0.274. The zero-order valence-corrected chi connectivity index (χ0v) is 13.0. The number of carbonyl (C=O) groups excluding carboxylic acids is 1. The molecular weight excluding hydrogens is 287 g/mol. The Balaban J connectivity index is 1.86. The molecule has 1 aromatic rings. The Bertz CT molecular complexity index is 538. The minimum atomic E-state index is -0.453. The number of benzene rings is 1. The monoisotopic (exact) mass is 310 g/mol. The van der Waals surface area contributed by atoms with E-state index in [-0.39, 0.29) is 36.4 Å². The second kappa shape index (κ2) is 6.96. The third-order valence-electron chi connectivity index (χ3n) is 4.42. The Morgan fingerprint density at radius 2 is 2.32 bits per heavy atom. The van der Waals surface area contributed by atoms with Crippen molar-refractivity contribution in [3.8, 4) is 5.75 Å². The van der Waals surface area contributed by atoms with Gasteiger partial charge in [0.25, 0.3) is 0 Å². The summed E-state index contributed by atoms with van der Waals surface area (Å²) in [7, 11) is 1.41. The molecule has 1 aliphatic rings. The van der Waals surface area contributed by atoms with Gasteiger partial charge in [0.15, 0.2) is 11.6 Å². The van der Waals surface area contributed by atoms with Crippen LogP contribution in [0.3, 0.4) is 0 Å². The lowest BCUT2D eigenvalue weighted by Crippen LogP contribution is -2.48. The molecule has 0 spiro atoms. The van der Waals surface area contributed by atoms with Gasteiger partial charge in [-0.1, -0.05) is 19.4 Å². The Morgan fingerprint density at radius 1 is 1.55 bits per heavy atom. The number of hydrogen-bond acceptors (Lipinski definition) is 3. The molecule has 2 atom stereocenters. The molecule has 2 rings (SSSR count). The van der Waals surface area contributed by atoms with Gasteiger partial charge >= 0.3 is 6.03 Å². The normalized spacial score (nSPS) is 24.1. The van der Waals surface area contributed by atoms with E-state index in [0.717, 1.165) is 19.3 Å². The van der Waals surface area contributed by atoms with Crippen molar-refractivity contribution in [1.82, 2.24) is 10.6 Å². The highest BCUT2D eigenvalue weighted by molar-refractivity contribution is 5.74. The number of nitrogens with one attached hydrogen (secondary N) is 2. The SMILES string of the molecule is COc1ccc(CNC(=O)NC2CCCC2(C)CO)cc1F. The molecule has 5 nitrogen and oxygen atoms in total. The van der Waals surface area contributed by atoms with Crippen LogP contribution >= 0.6 is 0 Å². The molecule has 22 heavy (non-hydrogen) atoms. The highest BCUT2D eigenvalue weighted by Crippen LogP contribution is 2.37. The Morgan fingerprint density at radius 3 is 2.95 bits per heavy atom. The van der Waals surface area contributed by atoms with E-state index < -0.39 is 5.82 Å². The fourth-order valence-corrected chi connectivity index (χ4v) is 2.88. The van der Waals surface area contributed by atoms with E-state index >= 15 is 0 Å². The smallest absolute Gasteiger partial charge is 0.315 e. The molecule has 1 aliphatic carbocycles. The molecule has 6 heteroatoms. The summed E-state index contributed by atoms with van der Waals surface area (Å²) < 4.78 is 18.4. The zero-order chi connectivity index (χ0) is 16.2. The number of methoxy groups -OCH3 is 1. The highest BCUT2D eigenvalue weighted by atomic mass is 19.1. The first-order valence-electron chi connectivity index (χ1n) is 7.46. The van der Waals surface area contributed by atoms with Crippen LogP contribution in [-0.2, 0) is 6.54 Å². The Hall–Kier alpha value is -1.82. The van der Waals surface area contributed by atoms with Crippen molar-refractivity contribution in [3.05, 3.63) is 29.6 Å². The van der Waals surface area contributed by atoms with Gasteiger partial charge in [-0.05, 0) is 30.5 Å². The van der Waals surface area contributed by atoms with Gasteiger partial charge < -0.3 is 20.5 Å². The average molecular weight is 310 g/mol. The van der Waals surface area contributed by atoms with E-state index in [4.69, 9.17) is 4.74 Å². The first-order chi connectivity index (χ1) is 10.5. The van der Waals surface area contributed by atoms with Crippen molar-refractivity contribution >= 4 is 6.03 Å². The minimum absolute atomic E-state index is 0.0369. The quantitative estimate of drug-likeness (QED) is 0.781. The van der Waals surface area contributed by atoms with Crippen LogP contribution in [0.25, 0.3) is 0 Å². The van der Waals surface area contributed by atoms with Crippen LogP contribution in [-0.4, -0.2) is 30.9 Å². The van der Waals surface area contributed by atoms with Crippen LogP contribution in [0.1, 0.15) is 31.7 Å². The topological polar surface area (TPSA) is 70.6 Å². The van der Waals surface area contributed by atoms with Crippen LogP contribution in [0.2, 0.25) is 0 Å². The van der Waals surface area contributed by atoms with Crippen LogP contribution in [0.5, 0.6) is 5.75 Å². The first kappa shape index (κ1) is 16.5. The van der Waals surface area contributed by atoms with Crippen LogP contribution < -0.4 is 15.4 Å². The molecule has 1 aromatic carbocycles. The summed E-state index contributed by atoms with van der Waals surface area (Å²) in [6, 6.07) is 4.24. The molecule has 0 heterocycles. The van der Waals surface area contributed by atoms with E-state index in [1.165, 1.54) is 19.2 Å². The van der Waals surface area contributed by atoms with E-state index in [1.807, 2.05) is 6.92 Å². The fraction of sp³-hybridized carbons (Fsp3) is 0.562. The largest absolute Gasteiger partial charge is 0.494 e. The molecule has 0 saturated heterocycles. The number of hydrogen-bond donors (Lipinski definition) is 3. The molecule has 0 aliphatic heterocycles. The zero-order valence-electron chi connectivity index (χ0n) is 13.0. The lowest BCUT2D eigenvalue weighted by atomic mass is 9.86. The molecule has 2 unspecified atom stereocenters. The van der Waals surface area contributed by atoms with E-state index in [1.54, 1.807) is 6.07 Å². The second-order valence-corrected chi connectivity index (χ2v) is 6.05. The molecular formula is C16H23FN2O3. The van der Waals surface area contributed by atoms with Gasteiger partial charge in [0.2, 0.25) is 0 Å². The average Bonchev–Trinajstić information content (AvgIpc) is 2.87. The number of halogens is 1. The van der Waals surface area contributed by atoms with Gasteiger partial charge in [0, 0.05) is 18.0 Å². The molecule has 0 radical (unpaired) electrons. The molecule has 1 saturated carbocycles. The van der Waals surface area contributed by atoms with Gasteiger partial charge in [-0.3, -0.25) is 0 Å². The predicted octanol–water partition coefficient (Wildman–Crippen LogP) is 2.18. The number of carbonyl (C=O) groups is 1. The summed E-state index contributed by atoms with van der Waals surface area (Å²) in [5, 5.41) is 15.1. The standard InChI is InChI=1S/C16H23FN2O3/c1-16(10-20)7-3-4-14(16)19-15(21)18-9-11-5-6-13(22-2)12(17)8-11/h5-6,8,14,20H,3-4,7,9-10H2,1-2H3,(H2,18,19,21). The summed E-state index contributed by atoms with van der Waals surface area (Å²) in [5.41, 5.74) is 0.397. The lowest BCUT2D eigenvalue weighted by molar-refractivity contribution is 0.121. The van der Waals surface area contributed by atoms with Crippen molar-refractivity contribution in [1.29, 1.82) is 0 Å². The minimum Gasteiger partial charge on any atom is -0.494 e. The molecule has 0 aromatic heterocycles. The van der Waals surface area contributed by atoms with Gasteiger partial charge in [-0.15, -0.1) is 0 Å². The van der Waals surface area contributed by atoms with Crippen molar-refractivity contribution < 1.29 is 19.0 Å². The Kier molecular flexibility index (Phi) is 5.24. The summed E-state index contributed by atoms with van der Waals surface area (Å²) in [4.78, 5) is 12.0. The number of rotatable bonds is 5. The van der Waals surface area contributed by atoms with Crippen LogP contribution in [0.4, 0.5) is 9.18 Å². The van der Waals surface area contributed by atoms with Gasteiger partial charge in [-0.2, -0.15) is 0 Å². The Labute approximate surface area is 129 Å². The molecule has 0 bridgehead atoms. The number of aliphatic hydroxyl groups is 1. The summed E-state index contributed by atoms with van der Waals surface area (Å²) in [6.45, 7) is 2.26. The lowest BCUT2D eigenvalue weighted by Gasteiger charge is -2.30. The van der Waals surface area contributed by atoms with Gasteiger partial charge in [0.1, 0.15) is 0 Å². The van der Waals surface area contributed by atoms with E-state index in [9.17, 15) is 14.3 Å². The number of amides is 2. The van der Waals surface area contributed by atoms with Gasteiger partial charge in [0.05, 0.1) is 13.7 Å². The number of urea groups is 1. The number of aliphatic hydroxyl groups excluding tert-OH is 1. The van der Waals surface area contributed by atoms with Crippen molar-refractivity contribution in [2.45, 2.75) is 38.8 Å². The molecule has 1 fully saturated rings. The maximum Gasteiger partial charge on any atom is 0.315 e. The molecule has 122 valence electrons. The molecule has 2 amide bonds. The third kappa shape index (κ3) is 3.68. The fourth-order valence-electron chi connectivity index (χ4n) is 2.88. The molecule has 3 N–H and O–H groups in total. The maximum absolute atomic E-state index is 13.6. The van der Waals surface area contributed by atoms with Crippen LogP contribution in [0.15, 0.2) is 18.2 Å². The number of ether oxygens (including phenoxy) is 1. The highest BCUT2D eigenvalue weighted by Gasteiger charge is 2.39. The van der Waals surface area contributed by atoms with Crippen molar-refractivity contribution in [3.63, 3.8) is 0 Å². The maximum atomic E-state index is 13.6. The van der Waals surface area contributed by atoms with Crippen molar-refractivity contribution in [2.75, 3.05) is 13.7 Å². The summed E-state index contributed by atoms with van der Waals surface area (Å²) >= 11 is 0. The summed E-state index contributed by atoms with van der Waals surface area (Å²) in [6.07, 6.45) is 2.76.